The minimum absolute atomic E-state index is 0.295. The molecule has 1 atom stereocenters. The van der Waals surface area contributed by atoms with Crippen molar-refractivity contribution < 1.29 is 13.8 Å². The molecule has 2 aliphatic rings. The summed E-state index contributed by atoms with van der Waals surface area (Å²) in [6.45, 7) is 3.41. The molecule has 7 heteroatoms. The first-order chi connectivity index (χ1) is 13.3. The number of nitrogens with zero attached hydrogens (tertiary/aromatic N) is 4. The van der Waals surface area contributed by atoms with E-state index in [2.05, 4.69) is 26.3 Å². The van der Waals surface area contributed by atoms with Gasteiger partial charge in [-0.25, -0.2) is 0 Å². The van der Waals surface area contributed by atoms with Crippen LogP contribution in [0.2, 0.25) is 0 Å². The van der Waals surface area contributed by atoms with Gasteiger partial charge in [0, 0.05) is 32.1 Å². The number of ether oxygens (including phenoxy) is 1. The van der Waals surface area contributed by atoms with E-state index in [1.807, 2.05) is 0 Å². The Hall–Kier alpha value is -1.73. The summed E-state index contributed by atoms with van der Waals surface area (Å²) in [6, 6.07) is 2.18. The van der Waals surface area contributed by atoms with E-state index in [1.54, 1.807) is 7.11 Å². The zero-order valence-corrected chi connectivity index (χ0v) is 16.2. The minimum atomic E-state index is 0.295. The van der Waals surface area contributed by atoms with Gasteiger partial charge in [-0.1, -0.05) is 29.6 Å². The van der Waals surface area contributed by atoms with Gasteiger partial charge in [0.05, 0.1) is 24.8 Å². The summed E-state index contributed by atoms with van der Waals surface area (Å²) in [5, 5.41) is 8.44. The van der Waals surface area contributed by atoms with Crippen LogP contribution in [-0.2, 0) is 17.7 Å². The van der Waals surface area contributed by atoms with Crippen molar-refractivity contribution in [3.05, 3.63) is 29.2 Å². The first-order valence-electron chi connectivity index (χ1n) is 10.3. The summed E-state index contributed by atoms with van der Waals surface area (Å²) in [5.74, 6) is 3.35. The predicted molar refractivity (Wildman–Crippen MR) is 99.5 cm³/mol. The average Bonchev–Trinajstić information content (AvgIpc) is 3.37. The molecule has 0 aromatic carbocycles. The van der Waals surface area contributed by atoms with Crippen LogP contribution in [0.1, 0.15) is 80.0 Å². The highest BCUT2D eigenvalue weighted by Crippen LogP contribution is 2.33. The fourth-order valence-electron chi connectivity index (χ4n) is 4.34. The minimum Gasteiger partial charge on any atom is -0.384 e. The number of hydrogen-bond acceptors (Lipinski definition) is 7. The lowest BCUT2D eigenvalue weighted by Crippen LogP contribution is -2.33. The monoisotopic (exact) mass is 374 g/mol. The summed E-state index contributed by atoms with van der Waals surface area (Å²) in [5.41, 5.74) is 1.15. The average molecular weight is 374 g/mol. The van der Waals surface area contributed by atoms with Gasteiger partial charge in [-0.3, -0.25) is 4.90 Å². The van der Waals surface area contributed by atoms with Crippen LogP contribution >= 0.6 is 0 Å². The van der Waals surface area contributed by atoms with E-state index in [4.69, 9.17) is 13.8 Å². The van der Waals surface area contributed by atoms with Crippen LogP contribution in [0, 0.1) is 0 Å². The molecule has 0 amide bonds. The Kier molecular flexibility index (Phi) is 6.19. The summed E-state index contributed by atoms with van der Waals surface area (Å²) in [7, 11) is 1.68. The van der Waals surface area contributed by atoms with E-state index in [-0.39, 0.29) is 0 Å². The molecule has 4 rings (SSSR count). The predicted octanol–water partition coefficient (Wildman–Crippen LogP) is 3.67. The maximum absolute atomic E-state index is 5.65. The van der Waals surface area contributed by atoms with Gasteiger partial charge < -0.3 is 13.8 Å². The quantitative estimate of drug-likeness (QED) is 0.731. The maximum atomic E-state index is 5.65. The van der Waals surface area contributed by atoms with E-state index in [9.17, 15) is 0 Å². The first kappa shape index (κ1) is 18.6. The molecule has 0 N–H and O–H groups in total. The Morgan fingerprint density at radius 2 is 1.93 bits per heavy atom. The fraction of sp³-hybridized carbons (Fsp3) is 0.750. The molecule has 148 valence electrons. The second kappa shape index (κ2) is 8.97. The normalized spacial score (nSPS) is 22.3. The van der Waals surface area contributed by atoms with E-state index < -0.39 is 0 Å². The smallest absolute Gasteiger partial charge is 0.231 e. The summed E-state index contributed by atoms with van der Waals surface area (Å²) >= 11 is 0. The first-order valence-corrected chi connectivity index (χ1v) is 10.3. The van der Waals surface area contributed by atoms with Crippen LogP contribution in [0.4, 0.5) is 0 Å². The number of piperidine rings is 1. The van der Waals surface area contributed by atoms with Crippen LogP contribution in [0.3, 0.4) is 0 Å². The third-order valence-electron chi connectivity index (χ3n) is 5.85. The van der Waals surface area contributed by atoms with E-state index in [0.29, 0.717) is 24.9 Å². The fourth-order valence-corrected chi connectivity index (χ4v) is 4.34. The van der Waals surface area contributed by atoms with Crippen molar-refractivity contribution >= 4 is 0 Å². The van der Waals surface area contributed by atoms with Gasteiger partial charge in [0.25, 0.3) is 0 Å². The molecule has 1 aliphatic carbocycles. The Morgan fingerprint density at radius 3 is 2.78 bits per heavy atom. The third-order valence-corrected chi connectivity index (χ3v) is 5.85. The van der Waals surface area contributed by atoms with Gasteiger partial charge in [0.15, 0.2) is 11.6 Å². The molecular weight excluding hydrogens is 344 g/mol. The van der Waals surface area contributed by atoms with Crippen LogP contribution in [-0.4, -0.2) is 47.0 Å². The molecule has 27 heavy (non-hydrogen) atoms. The lowest BCUT2D eigenvalue weighted by molar-refractivity contribution is 0.164. The number of rotatable bonds is 7. The van der Waals surface area contributed by atoms with Crippen molar-refractivity contribution in [3.8, 4) is 0 Å². The Bertz CT molecular complexity index is 708. The number of hydrogen-bond donors (Lipinski definition) is 0. The van der Waals surface area contributed by atoms with Crippen molar-refractivity contribution in [3.63, 3.8) is 0 Å². The van der Waals surface area contributed by atoms with Gasteiger partial charge in [0.2, 0.25) is 5.89 Å². The molecule has 2 aromatic heterocycles. The van der Waals surface area contributed by atoms with Crippen molar-refractivity contribution in [2.45, 2.75) is 69.7 Å². The molecule has 0 radical (unpaired) electrons. The Balaban J connectivity index is 1.33. The standard InChI is InChI=1S/C20H30N4O3/c1-25-11-9-19-21-20(27-23-19)16-8-5-10-24(13-16)14-17-12-18(22-26-17)15-6-3-2-4-7-15/h12,15-16H,2-11,13-14H2,1H3/t16-/m1/s1. The largest absolute Gasteiger partial charge is 0.384 e. The van der Waals surface area contributed by atoms with E-state index >= 15 is 0 Å². The number of methoxy groups -OCH3 is 1. The highest BCUT2D eigenvalue weighted by atomic mass is 16.5. The van der Waals surface area contributed by atoms with Gasteiger partial charge in [-0.05, 0) is 32.2 Å². The molecule has 2 fully saturated rings. The highest BCUT2D eigenvalue weighted by molar-refractivity contribution is 5.11. The molecule has 3 heterocycles. The van der Waals surface area contributed by atoms with Crippen LogP contribution in [0.15, 0.2) is 15.1 Å². The van der Waals surface area contributed by atoms with Crippen LogP contribution in [0.5, 0.6) is 0 Å². The zero-order valence-electron chi connectivity index (χ0n) is 16.2. The molecule has 1 saturated carbocycles. The Morgan fingerprint density at radius 1 is 1.07 bits per heavy atom. The molecule has 7 nitrogen and oxygen atoms in total. The molecule has 0 unspecified atom stereocenters. The maximum Gasteiger partial charge on any atom is 0.231 e. The molecule has 0 spiro atoms. The zero-order chi connectivity index (χ0) is 18.5. The molecular formula is C20H30N4O3. The van der Waals surface area contributed by atoms with E-state index in [0.717, 1.165) is 55.6 Å². The topological polar surface area (TPSA) is 77.4 Å². The summed E-state index contributed by atoms with van der Waals surface area (Å²) < 4.78 is 16.2. The summed E-state index contributed by atoms with van der Waals surface area (Å²) in [6.07, 6.45) is 9.41. The highest BCUT2D eigenvalue weighted by Gasteiger charge is 2.27. The van der Waals surface area contributed by atoms with Gasteiger partial charge in [-0.15, -0.1) is 0 Å². The Labute approximate surface area is 160 Å². The van der Waals surface area contributed by atoms with Crippen LogP contribution in [0.25, 0.3) is 0 Å². The van der Waals surface area contributed by atoms with E-state index in [1.165, 1.54) is 32.1 Å². The van der Waals surface area contributed by atoms with Gasteiger partial charge >= 0.3 is 0 Å². The number of likely N-dealkylation sites (tertiary alicyclic amines) is 1. The lowest BCUT2D eigenvalue weighted by Gasteiger charge is -2.29. The second-order valence-electron chi connectivity index (χ2n) is 7.92. The van der Waals surface area contributed by atoms with Crippen molar-refractivity contribution in [1.29, 1.82) is 0 Å². The number of aromatic nitrogens is 3. The SMILES string of the molecule is COCCc1noc([C@@H]2CCCN(Cc3cc(C4CCCCC4)no3)C2)n1. The molecule has 1 saturated heterocycles. The van der Waals surface area contributed by atoms with Crippen molar-refractivity contribution in [2.75, 3.05) is 26.8 Å². The third kappa shape index (κ3) is 4.76. The lowest BCUT2D eigenvalue weighted by atomic mass is 9.87. The van der Waals surface area contributed by atoms with Crippen molar-refractivity contribution in [2.24, 2.45) is 0 Å². The molecule has 1 aliphatic heterocycles. The molecule has 2 aromatic rings. The van der Waals surface area contributed by atoms with Gasteiger partial charge in [-0.2, -0.15) is 4.98 Å². The molecule has 0 bridgehead atoms. The second-order valence-corrected chi connectivity index (χ2v) is 7.92. The summed E-state index contributed by atoms with van der Waals surface area (Å²) in [4.78, 5) is 6.97. The van der Waals surface area contributed by atoms with Crippen molar-refractivity contribution in [1.82, 2.24) is 20.2 Å². The van der Waals surface area contributed by atoms with Gasteiger partial charge in [0.1, 0.15) is 0 Å². The van der Waals surface area contributed by atoms with Crippen LogP contribution < -0.4 is 0 Å².